The summed E-state index contributed by atoms with van der Waals surface area (Å²) in [5, 5.41) is 2.60. The van der Waals surface area contributed by atoms with Crippen molar-refractivity contribution in [1.82, 2.24) is 0 Å². The van der Waals surface area contributed by atoms with Gasteiger partial charge in [-0.05, 0) is 26.0 Å². The van der Waals surface area contributed by atoms with Gasteiger partial charge in [-0.2, -0.15) is 8.78 Å². The first kappa shape index (κ1) is 17.6. The number of benzene rings is 1. The molecule has 1 aromatic carbocycles. The van der Waals surface area contributed by atoms with Crippen LogP contribution in [0.5, 0.6) is 5.75 Å². The molecule has 0 aliphatic heterocycles. The number of nitrogens with two attached hydrogens (primary N) is 1. The molecule has 0 unspecified atom stereocenters. The van der Waals surface area contributed by atoms with Crippen LogP contribution in [0.4, 0.5) is 14.5 Å². The zero-order valence-corrected chi connectivity index (χ0v) is 11.5. The molecular formula is C12H17ClF2N2O2. The Bertz CT molecular complexity index is 428. The number of carbonyl (C=O) groups excluding carboxylic acids is 1. The van der Waals surface area contributed by atoms with E-state index in [2.05, 4.69) is 10.1 Å². The lowest BCUT2D eigenvalue weighted by atomic mass is 9.92. The normalized spacial score (nSPS) is 10.8. The van der Waals surface area contributed by atoms with Crippen molar-refractivity contribution in [3.8, 4) is 5.75 Å². The molecule has 1 aromatic rings. The van der Waals surface area contributed by atoms with Crippen molar-refractivity contribution in [2.24, 2.45) is 11.1 Å². The topological polar surface area (TPSA) is 64.4 Å². The Labute approximate surface area is 116 Å². The van der Waals surface area contributed by atoms with Crippen LogP contribution in [0.15, 0.2) is 24.3 Å². The van der Waals surface area contributed by atoms with E-state index in [-0.39, 0.29) is 30.6 Å². The summed E-state index contributed by atoms with van der Waals surface area (Å²) in [4.78, 5) is 11.8. The van der Waals surface area contributed by atoms with Crippen LogP contribution in [-0.4, -0.2) is 19.1 Å². The van der Waals surface area contributed by atoms with Gasteiger partial charge in [-0.1, -0.05) is 6.07 Å². The first-order valence-electron chi connectivity index (χ1n) is 5.41. The van der Waals surface area contributed by atoms with Gasteiger partial charge in [0, 0.05) is 18.3 Å². The van der Waals surface area contributed by atoms with E-state index in [1.54, 1.807) is 19.9 Å². The highest BCUT2D eigenvalue weighted by Crippen LogP contribution is 2.22. The first-order chi connectivity index (χ1) is 8.35. The molecule has 0 aliphatic carbocycles. The van der Waals surface area contributed by atoms with Gasteiger partial charge in [0.25, 0.3) is 0 Å². The lowest BCUT2D eigenvalue weighted by molar-refractivity contribution is -0.123. The summed E-state index contributed by atoms with van der Waals surface area (Å²) < 4.78 is 28.3. The van der Waals surface area contributed by atoms with E-state index in [1.807, 2.05) is 0 Å². The van der Waals surface area contributed by atoms with Gasteiger partial charge in [0.1, 0.15) is 5.75 Å². The quantitative estimate of drug-likeness (QED) is 0.877. The van der Waals surface area contributed by atoms with E-state index >= 15 is 0 Å². The van der Waals surface area contributed by atoms with Crippen molar-refractivity contribution in [3.05, 3.63) is 24.3 Å². The number of carbonyl (C=O) groups is 1. The summed E-state index contributed by atoms with van der Waals surface area (Å²) >= 11 is 0. The van der Waals surface area contributed by atoms with Gasteiger partial charge in [-0.25, -0.2) is 0 Å². The summed E-state index contributed by atoms with van der Waals surface area (Å²) in [6.07, 6.45) is 0. The summed E-state index contributed by atoms with van der Waals surface area (Å²) in [6.45, 7) is 0.687. The summed E-state index contributed by atoms with van der Waals surface area (Å²) in [7, 11) is 0. The standard InChI is InChI=1S/C12H16F2N2O2.ClH/c1-12(2,7-15)10(17)16-8-4-3-5-9(6-8)18-11(13)14;/h3-6,11H,7,15H2,1-2H3,(H,16,17);1H. The summed E-state index contributed by atoms with van der Waals surface area (Å²) in [5.74, 6) is -0.285. The Morgan fingerprint density at radius 2 is 2.11 bits per heavy atom. The molecule has 0 bridgehead atoms. The number of amides is 1. The molecule has 3 N–H and O–H groups in total. The number of hydrogen-bond acceptors (Lipinski definition) is 3. The SMILES string of the molecule is CC(C)(CN)C(=O)Nc1cccc(OC(F)F)c1.Cl. The van der Waals surface area contributed by atoms with Crippen molar-refractivity contribution < 1.29 is 18.3 Å². The van der Waals surface area contributed by atoms with Gasteiger partial charge in [0.2, 0.25) is 5.91 Å². The van der Waals surface area contributed by atoms with E-state index in [4.69, 9.17) is 5.73 Å². The number of halogens is 3. The van der Waals surface area contributed by atoms with Crippen LogP contribution in [0.25, 0.3) is 0 Å². The summed E-state index contributed by atoms with van der Waals surface area (Å²) in [6, 6.07) is 5.82. The van der Waals surface area contributed by atoms with E-state index in [9.17, 15) is 13.6 Å². The Balaban J connectivity index is 0.00000324. The second-order valence-corrected chi connectivity index (χ2v) is 4.45. The van der Waals surface area contributed by atoms with E-state index in [0.29, 0.717) is 5.69 Å². The number of nitrogens with one attached hydrogen (secondary N) is 1. The Morgan fingerprint density at radius 3 is 2.63 bits per heavy atom. The van der Waals surface area contributed by atoms with E-state index in [1.165, 1.54) is 18.2 Å². The minimum Gasteiger partial charge on any atom is -0.435 e. The van der Waals surface area contributed by atoms with Crippen LogP contribution in [0.3, 0.4) is 0 Å². The predicted molar refractivity (Wildman–Crippen MR) is 71.8 cm³/mol. The van der Waals surface area contributed by atoms with Gasteiger partial charge < -0.3 is 15.8 Å². The highest BCUT2D eigenvalue weighted by atomic mass is 35.5. The maximum atomic E-state index is 12.0. The van der Waals surface area contributed by atoms with E-state index in [0.717, 1.165) is 0 Å². The first-order valence-corrected chi connectivity index (χ1v) is 5.41. The zero-order chi connectivity index (χ0) is 13.8. The number of rotatable bonds is 5. The van der Waals surface area contributed by atoms with Crippen molar-refractivity contribution in [2.75, 3.05) is 11.9 Å². The van der Waals surface area contributed by atoms with Crippen LogP contribution >= 0.6 is 12.4 Å². The molecular weight excluding hydrogens is 278 g/mol. The summed E-state index contributed by atoms with van der Waals surface area (Å²) in [5.41, 5.74) is 5.14. The third-order valence-corrected chi connectivity index (χ3v) is 2.44. The molecule has 7 heteroatoms. The molecule has 0 saturated carbocycles. The molecule has 0 aliphatic rings. The van der Waals surface area contributed by atoms with E-state index < -0.39 is 12.0 Å². The number of hydrogen-bond donors (Lipinski definition) is 2. The molecule has 0 atom stereocenters. The fraction of sp³-hybridized carbons (Fsp3) is 0.417. The molecule has 0 radical (unpaired) electrons. The molecule has 4 nitrogen and oxygen atoms in total. The predicted octanol–water partition coefficient (Wildman–Crippen LogP) is 2.63. The van der Waals surface area contributed by atoms with Gasteiger partial charge in [-0.15, -0.1) is 12.4 Å². The fourth-order valence-electron chi connectivity index (χ4n) is 1.14. The molecule has 1 rings (SSSR count). The molecule has 0 saturated heterocycles. The van der Waals surface area contributed by atoms with Gasteiger partial charge in [0.05, 0.1) is 5.41 Å². The van der Waals surface area contributed by atoms with Crippen molar-refractivity contribution in [2.45, 2.75) is 20.5 Å². The van der Waals surface area contributed by atoms with Crippen LogP contribution in [-0.2, 0) is 4.79 Å². The second-order valence-electron chi connectivity index (χ2n) is 4.45. The zero-order valence-electron chi connectivity index (χ0n) is 10.7. The molecule has 0 aromatic heterocycles. The maximum Gasteiger partial charge on any atom is 0.387 e. The third-order valence-electron chi connectivity index (χ3n) is 2.44. The Hall–Kier alpha value is -1.40. The van der Waals surface area contributed by atoms with Gasteiger partial charge in [0.15, 0.2) is 0 Å². The Kier molecular flexibility index (Phi) is 6.72. The largest absolute Gasteiger partial charge is 0.435 e. The lowest BCUT2D eigenvalue weighted by Gasteiger charge is -2.21. The number of alkyl halides is 2. The van der Waals surface area contributed by atoms with Crippen molar-refractivity contribution in [3.63, 3.8) is 0 Å². The molecule has 0 heterocycles. The smallest absolute Gasteiger partial charge is 0.387 e. The van der Waals surface area contributed by atoms with Gasteiger partial charge >= 0.3 is 6.61 Å². The molecule has 19 heavy (non-hydrogen) atoms. The second kappa shape index (κ2) is 7.25. The minimum absolute atomic E-state index is 0. The monoisotopic (exact) mass is 294 g/mol. The average Bonchev–Trinajstić information content (AvgIpc) is 2.28. The van der Waals surface area contributed by atoms with Crippen LogP contribution in [0, 0.1) is 5.41 Å². The molecule has 108 valence electrons. The maximum absolute atomic E-state index is 12.0. The highest BCUT2D eigenvalue weighted by Gasteiger charge is 2.25. The molecule has 0 fully saturated rings. The Morgan fingerprint density at radius 1 is 1.47 bits per heavy atom. The van der Waals surface area contributed by atoms with Crippen molar-refractivity contribution in [1.29, 1.82) is 0 Å². The molecule has 1 amide bonds. The van der Waals surface area contributed by atoms with Crippen molar-refractivity contribution >= 4 is 24.0 Å². The number of ether oxygens (including phenoxy) is 1. The third kappa shape index (κ3) is 5.40. The minimum atomic E-state index is -2.89. The van der Waals surface area contributed by atoms with Crippen LogP contribution in [0.2, 0.25) is 0 Å². The van der Waals surface area contributed by atoms with Crippen LogP contribution < -0.4 is 15.8 Å². The highest BCUT2D eigenvalue weighted by molar-refractivity contribution is 5.95. The lowest BCUT2D eigenvalue weighted by Crippen LogP contribution is -2.37. The van der Waals surface area contributed by atoms with Crippen LogP contribution in [0.1, 0.15) is 13.8 Å². The number of anilines is 1. The fourth-order valence-corrected chi connectivity index (χ4v) is 1.14. The average molecular weight is 295 g/mol. The van der Waals surface area contributed by atoms with Gasteiger partial charge in [-0.3, -0.25) is 4.79 Å². The molecule has 0 spiro atoms.